The average molecular weight is 550 g/mol. The van der Waals surface area contributed by atoms with E-state index in [9.17, 15) is 14.0 Å². The van der Waals surface area contributed by atoms with E-state index in [4.69, 9.17) is 16.3 Å². The molecule has 7 heteroatoms. The van der Waals surface area contributed by atoms with Gasteiger partial charge in [-0.25, -0.2) is 4.39 Å². The number of benzene rings is 3. The molecule has 1 aliphatic carbocycles. The molecule has 0 spiro atoms. The number of rotatable bonds is 7. The molecule has 0 N–H and O–H groups in total. The lowest BCUT2D eigenvalue weighted by molar-refractivity contribution is 0.0617. The lowest BCUT2D eigenvalue weighted by atomic mass is 9.93. The van der Waals surface area contributed by atoms with E-state index in [1.165, 1.54) is 17.4 Å². The molecule has 1 saturated carbocycles. The molecular formula is C31H29ClFNO3S. The number of carbonyl (C=O) groups excluding carboxylic acids is 2. The predicted octanol–water partition coefficient (Wildman–Crippen LogP) is 8.55. The van der Waals surface area contributed by atoms with Crippen LogP contribution in [-0.2, 0) is 6.54 Å². The van der Waals surface area contributed by atoms with Gasteiger partial charge in [-0.2, -0.15) is 0 Å². The number of Topliss-reactive ketones (excluding diaryl/α,β-unsaturated/α-hetero) is 1. The van der Waals surface area contributed by atoms with Crippen LogP contribution >= 0.6 is 22.9 Å². The van der Waals surface area contributed by atoms with E-state index in [0.717, 1.165) is 48.8 Å². The van der Waals surface area contributed by atoms with Crippen LogP contribution in [0.2, 0.25) is 5.02 Å². The summed E-state index contributed by atoms with van der Waals surface area (Å²) in [6.45, 7) is 1.90. The number of methoxy groups -OCH3 is 1. The second kappa shape index (κ2) is 11.3. The average Bonchev–Trinajstić information content (AvgIpc) is 3.29. The summed E-state index contributed by atoms with van der Waals surface area (Å²) in [5, 5.41) is 0.486. The number of ether oxygens (including phenoxy) is 1. The van der Waals surface area contributed by atoms with Crippen LogP contribution in [0.4, 0.5) is 4.39 Å². The Morgan fingerprint density at radius 1 is 1.03 bits per heavy atom. The third-order valence-corrected chi connectivity index (χ3v) is 8.96. The topological polar surface area (TPSA) is 46.6 Å². The van der Waals surface area contributed by atoms with Crippen molar-refractivity contribution >= 4 is 44.7 Å². The van der Waals surface area contributed by atoms with Crippen molar-refractivity contribution in [3.05, 3.63) is 87.5 Å². The minimum Gasteiger partial charge on any atom is -0.496 e. The second-order valence-corrected chi connectivity index (χ2v) is 11.2. The van der Waals surface area contributed by atoms with Gasteiger partial charge in [0.1, 0.15) is 16.4 Å². The van der Waals surface area contributed by atoms with Crippen LogP contribution in [0.15, 0.2) is 60.7 Å². The number of thiophene rings is 1. The first-order valence-electron chi connectivity index (χ1n) is 12.8. The molecule has 4 nitrogen and oxygen atoms in total. The van der Waals surface area contributed by atoms with Gasteiger partial charge in [-0.05, 0) is 55.2 Å². The number of nitrogens with zero attached hydrogens (tertiary/aromatic N) is 1. The summed E-state index contributed by atoms with van der Waals surface area (Å²) in [4.78, 5) is 28.0. The highest BCUT2D eigenvalue weighted by Gasteiger charge is 2.31. The van der Waals surface area contributed by atoms with Crippen molar-refractivity contribution in [1.29, 1.82) is 0 Å². The largest absolute Gasteiger partial charge is 0.496 e. The van der Waals surface area contributed by atoms with Gasteiger partial charge in [0, 0.05) is 33.8 Å². The fourth-order valence-corrected chi connectivity index (χ4v) is 6.77. The molecule has 0 saturated heterocycles. The van der Waals surface area contributed by atoms with Crippen LogP contribution in [0.5, 0.6) is 5.75 Å². The monoisotopic (exact) mass is 549 g/mol. The Labute approximate surface area is 231 Å². The van der Waals surface area contributed by atoms with Crippen molar-refractivity contribution in [3.63, 3.8) is 0 Å². The number of ketones is 1. The van der Waals surface area contributed by atoms with E-state index in [1.54, 1.807) is 26.2 Å². The van der Waals surface area contributed by atoms with Crippen molar-refractivity contribution in [3.8, 4) is 16.9 Å². The molecule has 0 radical (unpaired) electrons. The van der Waals surface area contributed by atoms with Gasteiger partial charge in [0.2, 0.25) is 0 Å². The molecule has 0 atom stereocenters. The summed E-state index contributed by atoms with van der Waals surface area (Å²) in [5.74, 6) is 0.113. The maximum atomic E-state index is 14.6. The molecule has 3 aromatic carbocycles. The van der Waals surface area contributed by atoms with Gasteiger partial charge in [-0.15, -0.1) is 11.3 Å². The molecule has 1 fully saturated rings. The molecule has 38 heavy (non-hydrogen) atoms. The number of amides is 1. The Kier molecular flexibility index (Phi) is 7.82. The molecule has 0 bridgehead atoms. The standard InChI is InChI=1S/C31H29ClFNO3S/c1-19(35)20-11-13-21(14-12-20)22-15-16-26(37-2)23(17-22)18-34(24-7-4-3-5-8-24)31(36)30-29(32)28-25(33)9-6-10-27(28)38-30/h6,9-17,24H,3-5,7-8,18H2,1-2H3. The minimum atomic E-state index is -0.419. The molecule has 0 unspecified atom stereocenters. The fraction of sp³-hybridized carbons (Fsp3) is 0.290. The van der Waals surface area contributed by atoms with Crippen molar-refractivity contribution in [2.75, 3.05) is 7.11 Å². The van der Waals surface area contributed by atoms with Gasteiger partial charge in [-0.3, -0.25) is 9.59 Å². The summed E-state index contributed by atoms with van der Waals surface area (Å²) in [5.41, 5.74) is 3.47. The highest BCUT2D eigenvalue weighted by molar-refractivity contribution is 7.21. The van der Waals surface area contributed by atoms with Crippen LogP contribution < -0.4 is 4.74 Å². The summed E-state index contributed by atoms with van der Waals surface area (Å²) in [6, 6.07) is 18.3. The Bertz CT molecular complexity index is 1490. The van der Waals surface area contributed by atoms with E-state index < -0.39 is 5.82 Å². The van der Waals surface area contributed by atoms with Crippen LogP contribution in [-0.4, -0.2) is 29.7 Å². The Morgan fingerprint density at radius 2 is 1.74 bits per heavy atom. The first kappa shape index (κ1) is 26.4. The second-order valence-electron chi connectivity index (χ2n) is 9.74. The third-order valence-electron chi connectivity index (χ3n) is 7.32. The van der Waals surface area contributed by atoms with Crippen LogP contribution in [0.1, 0.15) is 64.6 Å². The van der Waals surface area contributed by atoms with Gasteiger partial charge < -0.3 is 9.64 Å². The Morgan fingerprint density at radius 3 is 2.39 bits per heavy atom. The van der Waals surface area contributed by atoms with Crippen molar-refractivity contribution in [2.45, 2.75) is 51.6 Å². The maximum absolute atomic E-state index is 14.6. The molecule has 1 amide bonds. The van der Waals surface area contributed by atoms with E-state index >= 15 is 0 Å². The first-order chi connectivity index (χ1) is 18.4. The normalized spacial score (nSPS) is 14.0. The molecule has 4 aromatic rings. The third kappa shape index (κ3) is 5.20. The van der Waals surface area contributed by atoms with Gasteiger partial charge >= 0.3 is 0 Å². The van der Waals surface area contributed by atoms with Gasteiger partial charge in [0.15, 0.2) is 5.78 Å². The fourth-order valence-electron chi connectivity index (χ4n) is 5.26. The van der Waals surface area contributed by atoms with Crippen LogP contribution in [0.3, 0.4) is 0 Å². The molecule has 1 heterocycles. The van der Waals surface area contributed by atoms with E-state index in [2.05, 4.69) is 0 Å². The minimum absolute atomic E-state index is 0.0217. The molecule has 1 aliphatic rings. The molecule has 0 aliphatic heterocycles. The van der Waals surface area contributed by atoms with E-state index in [1.807, 2.05) is 47.4 Å². The number of hydrogen-bond acceptors (Lipinski definition) is 4. The molecular weight excluding hydrogens is 521 g/mol. The smallest absolute Gasteiger partial charge is 0.266 e. The van der Waals surface area contributed by atoms with E-state index in [0.29, 0.717) is 32.8 Å². The van der Waals surface area contributed by atoms with Gasteiger partial charge in [0.25, 0.3) is 5.91 Å². The quantitative estimate of drug-likeness (QED) is 0.217. The highest BCUT2D eigenvalue weighted by Crippen LogP contribution is 2.39. The highest BCUT2D eigenvalue weighted by atomic mass is 35.5. The summed E-state index contributed by atoms with van der Waals surface area (Å²) >= 11 is 7.86. The summed E-state index contributed by atoms with van der Waals surface area (Å²) in [6.07, 6.45) is 5.10. The van der Waals surface area contributed by atoms with Crippen molar-refractivity contribution < 1.29 is 18.7 Å². The zero-order valence-corrected chi connectivity index (χ0v) is 23.0. The number of halogens is 2. The zero-order valence-electron chi connectivity index (χ0n) is 21.4. The van der Waals surface area contributed by atoms with Gasteiger partial charge in [0.05, 0.1) is 12.1 Å². The van der Waals surface area contributed by atoms with Crippen LogP contribution in [0, 0.1) is 5.82 Å². The van der Waals surface area contributed by atoms with Crippen molar-refractivity contribution in [2.24, 2.45) is 0 Å². The van der Waals surface area contributed by atoms with Gasteiger partial charge in [-0.1, -0.05) is 67.3 Å². The van der Waals surface area contributed by atoms with Crippen molar-refractivity contribution in [1.82, 2.24) is 4.90 Å². The molecule has 196 valence electrons. The predicted molar refractivity (Wildman–Crippen MR) is 152 cm³/mol. The summed E-state index contributed by atoms with van der Waals surface area (Å²) in [7, 11) is 1.62. The van der Waals surface area contributed by atoms with Crippen LogP contribution in [0.25, 0.3) is 21.2 Å². The lowest BCUT2D eigenvalue weighted by Gasteiger charge is -2.34. The lowest BCUT2D eigenvalue weighted by Crippen LogP contribution is -2.40. The number of hydrogen-bond donors (Lipinski definition) is 0. The SMILES string of the molecule is COc1ccc(-c2ccc(C(C)=O)cc2)cc1CN(C(=O)c1sc2cccc(F)c2c1Cl)C1CCCCC1. The van der Waals surface area contributed by atoms with E-state index in [-0.39, 0.29) is 22.8 Å². The molecule has 1 aromatic heterocycles. The molecule has 5 rings (SSSR count). The summed E-state index contributed by atoms with van der Waals surface area (Å²) < 4.78 is 20.9. The Balaban J connectivity index is 1.53. The first-order valence-corrected chi connectivity index (χ1v) is 14.0. The maximum Gasteiger partial charge on any atom is 0.266 e. The zero-order chi connectivity index (χ0) is 26.8. The number of fused-ring (bicyclic) bond motifs is 1. The Hall–Kier alpha value is -3.22. The number of carbonyl (C=O) groups is 2.